The molecule has 0 aliphatic rings. The number of ether oxygens (including phenoxy) is 1. The van der Waals surface area contributed by atoms with E-state index in [0.717, 1.165) is 16.9 Å². The molecule has 1 aromatic carbocycles. The molecule has 2 aromatic rings. The minimum atomic E-state index is 0.136. The zero-order valence-electron chi connectivity index (χ0n) is 9.87. The van der Waals surface area contributed by atoms with Crippen LogP contribution >= 0.6 is 11.6 Å². The molecule has 0 radical (unpaired) electrons. The lowest BCUT2D eigenvalue weighted by atomic mass is 10.1. The Hall–Kier alpha value is -1.68. The van der Waals surface area contributed by atoms with Gasteiger partial charge in [0.25, 0.3) is 6.01 Å². The minimum Gasteiger partial charge on any atom is -0.496 e. The summed E-state index contributed by atoms with van der Waals surface area (Å²) in [5.41, 5.74) is 7.92. The molecular formula is C12H13ClN2O2. The van der Waals surface area contributed by atoms with Crippen LogP contribution in [0.3, 0.4) is 0 Å². The fraction of sp³-hybridized carbons (Fsp3) is 0.250. The lowest BCUT2D eigenvalue weighted by molar-refractivity contribution is 0.413. The number of oxazole rings is 1. The summed E-state index contributed by atoms with van der Waals surface area (Å²) in [7, 11) is 1.61. The largest absolute Gasteiger partial charge is 0.496 e. The average molecular weight is 253 g/mol. The summed E-state index contributed by atoms with van der Waals surface area (Å²) in [6.07, 6.45) is 0. The molecule has 0 spiro atoms. The van der Waals surface area contributed by atoms with Crippen molar-refractivity contribution < 1.29 is 9.15 Å². The van der Waals surface area contributed by atoms with Crippen molar-refractivity contribution in [2.45, 2.75) is 13.8 Å². The monoisotopic (exact) mass is 252 g/mol. The van der Waals surface area contributed by atoms with Crippen LogP contribution in [0.1, 0.15) is 11.3 Å². The number of hydrogen-bond donors (Lipinski definition) is 1. The van der Waals surface area contributed by atoms with Crippen molar-refractivity contribution in [1.82, 2.24) is 4.98 Å². The Bertz CT molecular complexity index is 564. The van der Waals surface area contributed by atoms with Crippen LogP contribution in [0, 0.1) is 13.8 Å². The molecule has 5 heteroatoms. The van der Waals surface area contributed by atoms with Crippen molar-refractivity contribution >= 4 is 17.6 Å². The smallest absolute Gasteiger partial charge is 0.292 e. The predicted octanol–water partition coefficient (Wildman–Crippen LogP) is 3.20. The number of methoxy groups -OCH3 is 1. The summed E-state index contributed by atoms with van der Waals surface area (Å²) in [6, 6.07) is 3.76. The van der Waals surface area contributed by atoms with Crippen LogP contribution in [0.2, 0.25) is 5.02 Å². The van der Waals surface area contributed by atoms with E-state index in [1.807, 2.05) is 13.0 Å². The van der Waals surface area contributed by atoms with E-state index in [-0.39, 0.29) is 6.01 Å². The maximum Gasteiger partial charge on any atom is 0.292 e. The van der Waals surface area contributed by atoms with Gasteiger partial charge in [0.05, 0.1) is 7.11 Å². The first-order valence-corrected chi connectivity index (χ1v) is 5.48. The summed E-state index contributed by atoms with van der Waals surface area (Å²) in [5, 5.41) is 0.624. The highest BCUT2D eigenvalue weighted by Crippen LogP contribution is 2.37. The first-order valence-electron chi connectivity index (χ1n) is 5.10. The number of aromatic nitrogens is 1. The van der Waals surface area contributed by atoms with Gasteiger partial charge in [-0.25, -0.2) is 0 Å². The van der Waals surface area contributed by atoms with Gasteiger partial charge in [-0.1, -0.05) is 11.6 Å². The van der Waals surface area contributed by atoms with Gasteiger partial charge in [0.15, 0.2) is 0 Å². The van der Waals surface area contributed by atoms with Crippen molar-refractivity contribution in [3.8, 4) is 17.0 Å². The molecule has 0 atom stereocenters. The molecule has 90 valence electrons. The first-order chi connectivity index (χ1) is 8.02. The van der Waals surface area contributed by atoms with Crippen LogP contribution in [0.25, 0.3) is 11.3 Å². The molecule has 0 saturated heterocycles. The maximum atomic E-state index is 6.04. The zero-order valence-corrected chi connectivity index (χ0v) is 10.6. The van der Waals surface area contributed by atoms with Gasteiger partial charge in [-0.15, -0.1) is 0 Å². The third kappa shape index (κ3) is 2.08. The topological polar surface area (TPSA) is 61.3 Å². The van der Waals surface area contributed by atoms with Gasteiger partial charge in [0.1, 0.15) is 17.2 Å². The molecule has 1 aromatic heterocycles. The number of rotatable bonds is 2. The van der Waals surface area contributed by atoms with Crippen LogP contribution in [-0.4, -0.2) is 12.1 Å². The number of aryl methyl sites for hydroxylation is 2. The predicted molar refractivity (Wildman–Crippen MR) is 67.4 cm³/mol. The normalized spacial score (nSPS) is 10.6. The van der Waals surface area contributed by atoms with E-state index in [1.165, 1.54) is 0 Å². The van der Waals surface area contributed by atoms with Gasteiger partial charge in [0, 0.05) is 10.6 Å². The van der Waals surface area contributed by atoms with Crippen LogP contribution < -0.4 is 10.5 Å². The molecule has 0 saturated carbocycles. The summed E-state index contributed by atoms with van der Waals surface area (Å²) >= 11 is 6.04. The van der Waals surface area contributed by atoms with Crippen molar-refractivity contribution in [2.24, 2.45) is 0 Å². The van der Waals surface area contributed by atoms with E-state index in [2.05, 4.69) is 4.98 Å². The molecule has 0 fully saturated rings. The summed E-state index contributed by atoms with van der Waals surface area (Å²) < 4.78 is 10.6. The minimum absolute atomic E-state index is 0.136. The van der Waals surface area contributed by atoms with Crippen molar-refractivity contribution in [3.63, 3.8) is 0 Å². The molecule has 0 aliphatic heterocycles. The Morgan fingerprint density at radius 3 is 2.59 bits per heavy atom. The summed E-state index contributed by atoms with van der Waals surface area (Å²) in [4.78, 5) is 4.14. The molecule has 17 heavy (non-hydrogen) atoms. The number of benzene rings is 1. The van der Waals surface area contributed by atoms with Crippen LogP contribution in [0.5, 0.6) is 5.75 Å². The molecule has 4 nitrogen and oxygen atoms in total. The first kappa shape index (κ1) is 11.8. The number of halogens is 1. The lowest BCUT2D eigenvalue weighted by Gasteiger charge is -2.10. The Labute approximate surface area is 104 Å². The number of nitrogens with zero attached hydrogens (tertiary/aromatic N) is 1. The SMILES string of the molecule is COc1c(C)cc(Cl)cc1-c1nc(N)oc1C. The quantitative estimate of drug-likeness (QED) is 0.892. The van der Waals surface area contributed by atoms with Gasteiger partial charge in [-0.3, -0.25) is 0 Å². The van der Waals surface area contributed by atoms with Gasteiger partial charge in [0.2, 0.25) is 0 Å². The Balaban J connectivity index is 2.69. The van der Waals surface area contributed by atoms with Gasteiger partial charge in [-0.05, 0) is 31.5 Å². The third-order valence-electron chi connectivity index (χ3n) is 2.51. The molecule has 0 bridgehead atoms. The molecule has 0 aliphatic carbocycles. The van der Waals surface area contributed by atoms with Crippen molar-refractivity contribution in [1.29, 1.82) is 0 Å². The highest BCUT2D eigenvalue weighted by molar-refractivity contribution is 6.31. The average Bonchev–Trinajstić information content (AvgIpc) is 2.56. The van der Waals surface area contributed by atoms with E-state index in [4.69, 9.17) is 26.5 Å². The molecule has 0 amide bonds. The van der Waals surface area contributed by atoms with E-state index in [1.54, 1.807) is 20.1 Å². The Kier molecular flexibility index (Phi) is 2.98. The molecular weight excluding hydrogens is 240 g/mol. The van der Waals surface area contributed by atoms with Gasteiger partial charge in [-0.2, -0.15) is 4.98 Å². The standard InChI is InChI=1S/C12H13ClN2O2/c1-6-4-8(13)5-9(11(6)16-3)10-7(2)17-12(14)15-10/h4-5H,1-3H3,(H2,14,15). The van der Waals surface area contributed by atoms with E-state index in [0.29, 0.717) is 16.5 Å². The second-order valence-electron chi connectivity index (χ2n) is 3.76. The number of nitrogens with two attached hydrogens (primary N) is 1. The second-order valence-corrected chi connectivity index (χ2v) is 4.20. The van der Waals surface area contributed by atoms with E-state index >= 15 is 0 Å². The van der Waals surface area contributed by atoms with Crippen LogP contribution in [0.4, 0.5) is 6.01 Å². The molecule has 2 rings (SSSR count). The van der Waals surface area contributed by atoms with E-state index < -0.39 is 0 Å². The zero-order chi connectivity index (χ0) is 12.6. The van der Waals surface area contributed by atoms with Gasteiger partial charge < -0.3 is 14.9 Å². The van der Waals surface area contributed by atoms with Crippen LogP contribution in [0.15, 0.2) is 16.5 Å². The van der Waals surface area contributed by atoms with Crippen LogP contribution in [-0.2, 0) is 0 Å². The fourth-order valence-corrected chi connectivity index (χ4v) is 2.12. The van der Waals surface area contributed by atoms with Crippen molar-refractivity contribution in [2.75, 3.05) is 12.8 Å². The highest BCUT2D eigenvalue weighted by Gasteiger charge is 2.16. The van der Waals surface area contributed by atoms with Gasteiger partial charge >= 0.3 is 0 Å². The van der Waals surface area contributed by atoms with Crippen molar-refractivity contribution in [3.05, 3.63) is 28.5 Å². The summed E-state index contributed by atoms with van der Waals surface area (Å²) in [5.74, 6) is 1.37. The molecule has 2 N–H and O–H groups in total. The van der Waals surface area contributed by atoms with E-state index in [9.17, 15) is 0 Å². The number of nitrogen functional groups attached to an aromatic ring is 1. The second kappa shape index (κ2) is 4.30. The Morgan fingerprint density at radius 1 is 1.35 bits per heavy atom. The lowest BCUT2D eigenvalue weighted by Crippen LogP contribution is -1.93. The third-order valence-corrected chi connectivity index (χ3v) is 2.73. The maximum absolute atomic E-state index is 6.04. The highest BCUT2D eigenvalue weighted by atomic mass is 35.5. The summed E-state index contributed by atoms with van der Waals surface area (Å²) in [6.45, 7) is 3.72. The number of hydrogen-bond acceptors (Lipinski definition) is 4. The fourth-order valence-electron chi connectivity index (χ4n) is 1.84. The number of anilines is 1. The molecule has 0 unspecified atom stereocenters. The Morgan fingerprint density at radius 2 is 2.06 bits per heavy atom. The molecule has 1 heterocycles.